The molecule has 0 fully saturated rings. The van der Waals surface area contributed by atoms with Crippen molar-refractivity contribution in [3.8, 4) is 17.2 Å². The highest BCUT2D eigenvalue weighted by molar-refractivity contribution is 6.31. The van der Waals surface area contributed by atoms with Gasteiger partial charge in [-0.25, -0.2) is 34.1 Å². The molecule has 6 N–H and O–H groups in total. The number of benzene rings is 9. The van der Waals surface area contributed by atoms with Crippen LogP contribution in [0.4, 0.5) is 0 Å². The Hall–Kier alpha value is -11.3. The maximum Gasteiger partial charge on any atom is 0.343 e. The van der Waals surface area contributed by atoms with Crippen LogP contribution in [0.25, 0.3) is 32.7 Å². The normalized spacial score (nSPS) is 12.7. The Morgan fingerprint density at radius 3 is 1.16 bits per heavy atom. The molecule has 3 aliphatic rings. The monoisotopic (exact) mass is 1470 g/mol. The van der Waals surface area contributed by atoms with E-state index in [4.69, 9.17) is 49.5 Å². The van der Waals surface area contributed by atoms with Gasteiger partial charge in [0.2, 0.25) is 0 Å². The Labute approximate surface area is 619 Å². The van der Waals surface area contributed by atoms with E-state index in [9.17, 15) is 54.3 Å². The van der Waals surface area contributed by atoms with Crippen LogP contribution in [0.5, 0.6) is 17.2 Å². The third kappa shape index (κ3) is 15.9. The number of carboxylic acids is 3. The van der Waals surface area contributed by atoms with Gasteiger partial charge >= 0.3 is 23.9 Å². The summed E-state index contributed by atoms with van der Waals surface area (Å²) in [5, 5.41) is 57.7. The maximum absolute atomic E-state index is 13.3. The average Bonchev–Trinajstić information content (AvgIpc) is 0.781. The predicted molar refractivity (Wildman–Crippen MR) is 403 cm³/mol. The first-order valence-corrected chi connectivity index (χ1v) is 33.9. The molecule has 3 aliphatic heterocycles. The van der Waals surface area contributed by atoms with Crippen LogP contribution in [0, 0.1) is 0 Å². The Morgan fingerprint density at radius 1 is 0.423 bits per heavy atom. The number of ether oxygens (including phenoxy) is 1. The molecule has 0 bridgehead atoms. The molecule has 15 rings (SSSR count). The number of nitrogens with zero attached hydrogens (tertiary/aromatic N) is 5. The Morgan fingerprint density at radius 2 is 0.769 bits per heavy atom. The van der Waals surface area contributed by atoms with Crippen molar-refractivity contribution in [3.63, 3.8) is 0 Å². The number of hydrogen-bond acceptors (Lipinski definition) is 13. The number of hydrogen-bond donors (Lipinski definition) is 6. The molecule has 12 aromatic rings. The molecule has 18 nitrogen and oxygen atoms in total. The highest BCUT2D eigenvalue weighted by atomic mass is 35.5. The first kappa shape index (κ1) is 74.0. The van der Waals surface area contributed by atoms with E-state index in [0.717, 1.165) is 57.5 Å². The lowest BCUT2D eigenvalue weighted by molar-refractivity contribution is 0.0669. The maximum atomic E-state index is 13.3. The van der Waals surface area contributed by atoms with Gasteiger partial charge in [-0.05, 0) is 138 Å². The van der Waals surface area contributed by atoms with Crippen LogP contribution in [0.2, 0.25) is 15.1 Å². The molecule has 22 heteroatoms. The number of carboxylic acid groups (broad SMARTS) is 3. The molecule has 6 heterocycles. The van der Waals surface area contributed by atoms with Crippen LogP contribution in [0.3, 0.4) is 0 Å². The van der Waals surface area contributed by atoms with E-state index in [-0.39, 0.29) is 96.2 Å². The minimum atomic E-state index is -1.25. The molecular weight excluding hydrogens is 1400 g/mol. The number of aromatic hydroxyl groups is 2. The van der Waals surface area contributed by atoms with Crippen LogP contribution in [0.1, 0.15) is 137 Å². The number of carbonyl (C=O) groups excluding carboxylic acids is 3. The van der Waals surface area contributed by atoms with Crippen LogP contribution in [0.15, 0.2) is 200 Å². The molecule has 0 saturated heterocycles. The molecule has 526 valence electrons. The predicted octanol–water partition coefficient (Wildman–Crippen LogP) is 16.3. The number of fused-ring (bicyclic) bond motifs is 9. The molecule has 0 unspecified atom stereocenters. The molecule has 0 aliphatic carbocycles. The van der Waals surface area contributed by atoms with E-state index in [1.54, 1.807) is 119 Å². The van der Waals surface area contributed by atoms with Crippen LogP contribution < -0.4 is 10.1 Å². The van der Waals surface area contributed by atoms with E-state index in [0.29, 0.717) is 116 Å². The van der Waals surface area contributed by atoms with Crippen molar-refractivity contribution >= 4 is 116 Å². The first-order valence-electron chi connectivity index (χ1n) is 32.7. The average molecular weight is 1470 g/mol. The minimum absolute atomic E-state index is 0. The molecule has 0 saturated carbocycles. The zero-order valence-electron chi connectivity index (χ0n) is 54.9. The molecule has 3 aromatic heterocycles. The van der Waals surface area contributed by atoms with Crippen molar-refractivity contribution in [2.24, 2.45) is 0 Å². The van der Waals surface area contributed by atoms with Gasteiger partial charge < -0.3 is 45.4 Å². The van der Waals surface area contributed by atoms with Gasteiger partial charge in [-0.1, -0.05) is 170 Å². The zero-order chi connectivity index (χ0) is 71.3. The fourth-order valence-electron chi connectivity index (χ4n) is 13.2. The summed E-state index contributed by atoms with van der Waals surface area (Å²) in [5.74, 6) is -5.23. The zero-order valence-corrected chi connectivity index (χ0v) is 58.0. The summed E-state index contributed by atoms with van der Waals surface area (Å²) in [6.45, 7) is 3.22. The van der Waals surface area contributed by atoms with Crippen LogP contribution in [-0.2, 0) is 58.2 Å². The fraction of sp³-hybridized carbons (Fsp3) is 0.159. The number of nitrogens with one attached hydrogen (secondary N) is 1. The molecular formula is C82H68Cl4N6O12. The van der Waals surface area contributed by atoms with Gasteiger partial charge in [0.1, 0.15) is 16.7 Å². The highest BCUT2D eigenvalue weighted by Crippen LogP contribution is 2.40. The van der Waals surface area contributed by atoms with Crippen molar-refractivity contribution in [1.82, 2.24) is 30.1 Å². The smallest absolute Gasteiger partial charge is 0.343 e. The van der Waals surface area contributed by atoms with Gasteiger partial charge in [0.05, 0.1) is 39.2 Å². The van der Waals surface area contributed by atoms with E-state index in [2.05, 4.69) is 10.3 Å². The number of aromatic carboxylic acids is 3. The second kappa shape index (κ2) is 32.4. The Kier molecular flexibility index (Phi) is 23.0. The second-order valence-corrected chi connectivity index (χ2v) is 26.1. The number of esters is 1. The van der Waals surface area contributed by atoms with Gasteiger partial charge in [0.15, 0.2) is 17.2 Å². The van der Waals surface area contributed by atoms with Gasteiger partial charge in [-0.2, -0.15) is 0 Å². The second-order valence-electron chi connectivity index (χ2n) is 24.8. The Bertz CT molecular complexity index is 5290. The van der Waals surface area contributed by atoms with E-state index < -0.39 is 23.9 Å². The van der Waals surface area contributed by atoms with Crippen molar-refractivity contribution in [3.05, 3.63) is 316 Å². The van der Waals surface area contributed by atoms with Gasteiger partial charge in [-0.15, -0.1) is 12.4 Å². The molecule has 0 spiro atoms. The van der Waals surface area contributed by atoms with Crippen molar-refractivity contribution in [1.29, 1.82) is 0 Å². The first-order chi connectivity index (χ1) is 49.3. The fourth-order valence-corrected chi connectivity index (χ4v) is 13.6. The number of halogens is 4. The van der Waals surface area contributed by atoms with E-state index in [1.165, 1.54) is 5.56 Å². The number of amides is 2. The summed E-state index contributed by atoms with van der Waals surface area (Å²) in [7, 11) is 0. The lowest BCUT2D eigenvalue weighted by Gasteiger charge is -2.30. The third-order valence-electron chi connectivity index (χ3n) is 18.4. The molecule has 104 heavy (non-hydrogen) atoms. The quantitative estimate of drug-likeness (QED) is 0.0586. The summed E-state index contributed by atoms with van der Waals surface area (Å²) in [6, 6.07) is 58.8. The number of aromatic nitrogens is 3. The topological polar surface area (TPSA) is 270 Å². The summed E-state index contributed by atoms with van der Waals surface area (Å²) >= 11 is 18.0. The lowest BCUT2D eigenvalue weighted by atomic mass is 9.93. The summed E-state index contributed by atoms with van der Waals surface area (Å²) in [5.41, 5.74) is 11.9. The number of pyridine rings is 3. The molecule has 0 radical (unpaired) electrons. The minimum Gasteiger partial charge on any atom is -0.505 e. The summed E-state index contributed by atoms with van der Waals surface area (Å²) in [4.78, 5) is 94.2. The van der Waals surface area contributed by atoms with Gasteiger partial charge in [-0.3, -0.25) is 9.59 Å². The summed E-state index contributed by atoms with van der Waals surface area (Å²) in [6.07, 6.45) is 2.89. The molecule has 2 amide bonds. The Balaban J connectivity index is 0.000000159. The number of rotatable bonds is 13. The summed E-state index contributed by atoms with van der Waals surface area (Å²) < 4.78 is 5.82. The van der Waals surface area contributed by atoms with Crippen LogP contribution in [-0.4, -0.2) is 106 Å². The lowest BCUT2D eigenvalue weighted by Crippen LogP contribution is -2.36. The SMILES string of the molecule is C.Cl.O=C(O)c1c(O)c(Cc2ccc(Cl)cc2)nc2c3c(ccc12)CCN(C(=O)c1ccccc1)C3.O=C(O)c1c(O)c(Cc2ccc(Cl)cc2)nc2c3c(ccc12)CCNC3.O=C(Oc1c(Cc2ccc(Cl)cc2)nc2c3c(ccc2c1C(=O)O)CCN(C(=O)c1ccccc1)C3)c1ccccc1. The largest absolute Gasteiger partial charge is 0.505 e. The van der Waals surface area contributed by atoms with E-state index in [1.807, 2.05) is 91.0 Å². The van der Waals surface area contributed by atoms with Crippen molar-refractivity contribution in [2.75, 3.05) is 19.6 Å². The molecule has 9 aromatic carbocycles. The van der Waals surface area contributed by atoms with Gasteiger partial charge in [0.25, 0.3) is 11.8 Å². The van der Waals surface area contributed by atoms with Crippen molar-refractivity contribution in [2.45, 2.75) is 65.6 Å². The van der Waals surface area contributed by atoms with Crippen molar-refractivity contribution < 1.29 is 59.0 Å². The van der Waals surface area contributed by atoms with Gasteiger partial charge in [0, 0.05) is 105 Å². The third-order valence-corrected chi connectivity index (χ3v) is 19.1. The number of carbonyl (C=O) groups is 6. The van der Waals surface area contributed by atoms with E-state index >= 15 is 0 Å². The molecule has 0 atom stereocenters. The standard InChI is InChI=1S/C34H25ClN2O5.C27H21ClN2O4.C20H17ClN2O3.CH4.ClH/c35-25-14-11-21(12-15-25)19-28-31(42-34(41)24-9-5-2-6-10-24)29(33(39)40)26-16-13-22-17-18-37(20-27(22)30(26)36-28)32(38)23-7-3-1-4-8-23;28-19-9-6-16(7-10-19)14-22-25(31)23(27(33)34)20-11-8-17-12-13-30(15-21(17)24(20)29-22)26(32)18-4-2-1-3-5-18;21-13-4-1-11(2-5-13)9-16-19(24)17(20(25)26)14-6-3-12-7-8-22-10-15(12)18(14)23-16;;/h1-16H,17-20H2,(H,39,40);1-11,31H,12-15H2,(H,33,34);1-6,22,24H,7-10H2,(H,25,26);1H4;1H. The van der Waals surface area contributed by atoms with Crippen LogP contribution >= 0.6 is 47.2 Å². The highest BCUT2D eigenvalue weighted by Gasteiger charge is 2.32.